The van der Waals surface area contributed by atoms with E-state index < -0.39 is 0 Å². The minimum Gasteiger partial charge on any atom is -0.330 e. The minimum absolute atomic E-state index is 0.258. The molecule has 0 heterocycles. The second-order valence-corrected chi connectivity index (χ2v) is 5.77. The van der Waals surface area contributed by atoms with Gasteiger partial charge in [0.1, 0.15) is 0 Å². The molecule has 0 unspecified atom stereocenters. The lowest BCUT2D eigenvalue weighted by Gasteiger charge is -2.31. The summed E-state index contributed by atoms with van der Waals surface area (Å²) in [5, 5.41) is 0. The van der Waals surface area contributed by atoms with Crippen LogP contribution < -0.4 is 5.73 Å². The highest BCUT2D eigenvalue weighted by molar-refractivity contribution is 4.74. The van der Waals surface area contributed by atoms with Crippen molar-refractivity contribution in [2.75, 3.05) is 26.2 Å². The molecule has 0 fully saturated rings. The van der Waals surface area contributed by atoms with Gasteiger partial charge in [0.25, 0.3) is 0 Å². The Bertz CT molecular complexity index is 153. The molecular weight excluding hydrogens is 184 g/mol. The molecule has 0 amide bonds. The highest BCUT2D eigenvalue weighted by atomic mass is 15.1. The third-order valence-corrected chi connectivity index (χ3v) is 2.91. The van der Waals surface area contributed by atoms with Crippen LogP contribution in [-0.2, 0) is 0 Å². The van der Waals surface area contributed by atoms with Gasteiger partial charge in [0, 0.05) is 6.54 Å². The summed E-state index contributed by atoms with van der Waals surface area (Å²) in [6.07, 6.45) is 2.64. The monoisotopic (exact) mass is 214 g/mol. The number of nitrogens with zero attached hydrogens (tertiary/aromatic N) is 1. The Kier molecular flexibility index (Phi) is 7.20. The molecule has 0 aromatic rings. The Morgan fingerprint density at radius 2 is 1.87 bits per heavy atom. The van der Waals surface area contributed by atoms with Crippen LogP contribution in [0.2, 0.25) is 0 Å². The summed E-state index contributed by atoms with van der Waals surface area (Å²) in [4.78, 5) is 2.52. The Morgan fingerprint density at radius 3 is 2.27 bits per heavy atom. The molecule has 2 N–H and O–H groups in total. The summed E-state index contributed by atoms with van der Waals surface area (Å²) in [6, 6.07) is 0. The fraction of sp³-hybridized carbons (Fsp3) is 1.00. The highest BCUT2D eigenvalue weighted by Crippen LogP contribution is 2.15. The van der Waals surface area contributed by atoms with Crippen molar-refractivity contribution in [2.45, 2.75) is 47.5 Å². The molecule has 0 aliphatic heterocycles. The van der Waals surface area contributed by atoms with Gasteiger partial charge in [-0.1, -0.05) is 34.6 Å². The molecule has 0 rings (SSSR count). The van der Waals surface area contributed by atoms with E-state index in [-0.39, 0.29) is 5.41 Å². The van der Waals surface area contributed by atoms with E-state index in [1.54, 1.807) is 0 Å². The van der Waals surface area contributed by atoms with Gasteiger partial charge in [0.15, 0.2) is 0 Å². The van der Waals surface area contributed by atoms with Crippen molar-refractivity contribution < 1.29 is 0 Å². The normalized spacial score (nSPS) is 12.8. The Balaban J connectivity index is 3.82. The van der Waals surface area contributed by atoms with Crippen LogP contribution in [0.3, 0.4) is 0 Å². The number of rotatable bonds is 8. The van der Waals surface area contributed by atoms with E-state index in [4.69, 9.17) is 5.73 Å². The van der Waals surface area contributed by atoms with Crippen LogP contribution >= 0.6 is 0 Å². The van der Waals surface area contributed by atoms with Crippen LogP contribution in [0.15, 0.2) is 0 Å². The summed E-state index contributed by atoms with van der Waals surface area (Å²) in [6.45, 7) is 15.6. The molecular formula is C13H30N2. The van der Waals surface area contributed by atoms with Gasteiger partial charge in [-0.3, -0.25) is 0 Å². The molecule has 0 saturated heterocycles. The smallest absolute Gasteiger partial charge is 0.00446 e. The van der Waals surface area contributed by atoms with E-state index in [9.17, 15) is 0 Å². The molecule has 0 atom stereocenters. The van der Waals surface area contributed by atoms with E-state index in [1.165, 1.54) is 19.4 Å². The van der Waals surface area contributed by atoms with Gasteiger partial charge in [-0.05, 0) is 43.8 Å². The average Bonchev–Trinajstić information content (AvgIpc) is 2.15. The molecule has 0 aromatic heterocycles. The maximum Gasteiger partial charge on any atom is 0.00446 e. The summed E-state index contributed by atoms with van der Waals surface area (Å²) in [5.74, 6) is 0.825. The minimum atomic E-state index is 0.258. The zero-order chi connectivity index (χ0) is 11.9. The lowest BCUT2D eigenvalue weighted by molar-refractivity contribution is 0.185. The Hall–Kier alpha value is -0.0800. The summed E-state index contributed by atoms with van der Waals surface area (Å²) in [7, 11) is 0. The van der Waals surface area contributed by atoms with E-state index in [1.807, 2.05) is 0 Å². The average molecular weight is 214 g/mol. The third kappa shape index (κ3) is 7.80. The van der Waals surface area contributed by atoms with Crippen molar-refractivity contribution in [1.29, 1.82) is 0 Å². The zero-order valence-corrected chi connectivity index (χ0v) is 11.3. The van der Waals surface area contributed by atoms with Crippen molar-refractivity contribution in [2.24, 2.45) is 17.1 Å². The fourth-order valence-corrected chi connectivity index (χ4v) is 1.74. The fourth-order valence-electron chi connectivity index (χ4n) is 1.74. The predicted octanol–water partition coefficient (Wildman–Crippen LogP) is 2.73. The van der Waals surface area contributed by atoms with E-state index in [0.29, 0.717) is 0 Å². The molecule has 0 radical (unpaired) electrons. The molecule has 2 nitrogen and oxygen atoms in total. The predicted molar refractivity (Wildman–Crippen MR) is 69.0 cm³/mol. The van der Waals surface area contributed by atoms with Crippen LogP contribution in [-0.4, -0.2) is 31.1 Å². The maximum atomic E-state index is 5.76. The van der Waals surface area contributed by atoms with Crippen LogP contribution in [0, 0.1) is 11.3 Å². The topological polar surface area (TPSA) is 29.3 Å². The van der Waals surface area contributed by atoms with Gasteiger partial charge in [-0.15, -0.1) is 0 Å². The lowest BCUT2D eigenvalue weighted by Crippen LogP contribution is -2.39. The van der Waals surface area contributed by atoms with Crippen molar-refractivity contribution in [3.8, 4) is 0 Å². The molecule has 0 spiro atoms. The van der Waals surface area contributed by atoms with Crippen molar-refractivity contribution in [3.05, 3.63) is 0 Å². The molecule has 92 valence electrons. The zero-order valence-electron chi connectivity index (χ0n) is 11.3. The quantitative estimate of drug-likeness (QED) is 0.673. The number of hydrogen-bond donors (Lipinski definition) is 1. The molecule has 0 aliphatic rings. The second kappa shape index (κ2) is 7.24. The first-order valence-electron chi connectivity index (χ1n) is 6.33. The lowest BCUT2D eigenvalue weighted by atomic mass is 9.93. The molecule has 2 heteroatoms. The Morgan fingerprint density at radius 1 is 1.27 bits per heavy atom. The van der Waals surface area contributed by atoms with Gasteiger partial charge in [0.2, 0.25) is 0 Å². The standard InChI is InChI=1S/C13H30N2/c1-6-15(9-7-8-12(2)3)11-13(4,5)10-14/h12H,6-11,14H2,1-5H3. The molecule has 0 saturated carbocycles. The SMILES string of the molecule is CCN(CCCC(C)C)CC(C)(C)CN. The van der Waals surface area contributed by atoms with Gasteiger partial charge in [0.05, 0.1) is 0 Å². The summed E-state index contributed by atoms with van der Waals surface area (Å²) in [5.41, 5.74) is 6.02. The largest absolute Gasteiger partial charge is 0.330 e. The Labute approximate surface area is 96.2 Å². The van der Waals surface area contributed by atoms with Crippen molar-refractivity contribution in [3.63, 3.8) is 0 Å². The van der Waals surface area contributed by atoms with E-state index >= 15 is 0 Å². The molecule has 0 aliphatic carbocycles. The summed E-state index contributed by atoms with van der Waals surface area (Å²) >= 11 is 0. The first-order chi connectivity index (χ1) is 6.91. The first-order valence-corrected chi connectivity index (χ1v) is 6.33. The first kappa shape index (κ1) is 14.9. The van der Waals surface area contributed by atoms with Crippen LogP contribution in [0.1, 0.15) is 47.5 Å². The van der Waals surface area contributed by atoms with Crippen LogP contribution in [0.4, 0.5) is 0 Å². The molecule has 0 bridgehead atoms. The molecule has 15 heavy (non-hydrogen) atoms. The van der Waals surface area contributed by atoms with Gasteiger partial charge >= 0.3 is 0 Å². The van der Waals surface area contributed by atoms with Gasteiger partial charge in [-0.25, -0.2) is 0 Å². The van der Waals surface area contributed by atoms with E-state index in [2.05, 4.69) is 39.5 Å². The maximum absolute atomic E-state index is 5.76. The van der Waals surface area contributed by atoms with Gasteiger partial charge in [-0.2, -0.15) is 0 Å². The highest BCUT2D eigenvalue weighted by Gasteiger charge is 2.18. The molecule has 0 aromatic carbocycles. The number of hydrogen-bond acceptors (Lipinski definition) is 2. The summed E-state index contributed by atoms with van der Waals surface area (Å²) < 4.78 is 0. The van der Waals surface area contributed by atoms with Crippen molar-refractivity contribution >= 4 is 0 Å². The van der Waals surface area contributed by atoms with Crippen LogP contribution in [0.5, 0.6) is 0 Å². The van der Waals surface area contributed by atoms with Gasteiger partial charge < -0.3 is 10.6 Å². The second-order valence-electron chi connectivity index (χ2n) is 5.77. The van der Waals surface area contributed by atoms with Crippen molar-refractivity contribution in [1.82, 2.24) is 4.90 Å². The van der Waals surface area contributed by atoms with E-state index in [0.717, 1.165) is 25.6 Å². The third-order valence-electron chi connectivity index (χ3n) is 2.91. The number of nitrogens with two attached hydrogens (primary N) is 1. The van der Waals surface area contributed by atoms with Crippen LogP contribution in [0.25, 0.3) is 0 Å².